The summed E-state index contributed by atoms with van der Waals surface area (Å²) in [7, 11) is 1.70. The molecule has 27 heavy (non-hydrogen) atoms. The average molecular weight is 370 g/mol. The Hall–Kier alpha value is -3.02. The predicted octanol–water partition coefficient (Wildman–Crippen LogP) is 3.36. The van der Waals surface area contributed by atoms with Crippen molar-refractivity contribution in [2.75, 3.05) is 13.7 Å². The Kier molecular flexibility index (Phi) is 7.67. The van der Waals surface area contributed by atoms with Gasteiger partial charge in [0.15, 0.2) is 0 Å². The van der Waals surface area contributed by atoms with Crippen molar-refractivity contribution in [1.29, 1.82) is 0 Å². The molecule has 0 saturated carbocycles. The second-order valence-electron chi connectivity index (χ2n) is 6.20. The number of carbonyl (C=O) groups excluding carboxylic acids is 2. The third-order valence-electron chi connectivity index (χ3n) is 3.95. The van der Waals surface area contributed by atoms with E-state index in [1.54, 1.807) is 18.9 Å². The molecule has 1 atom stereocenters. The monoisotopic (exact) mass is 370 g/mol. The van der Waals surface area contributed by atoms with Crippen LogP contribution in [-0.4, -0.2) is 36.6 Å². The van der Waals surface area contributed by atoms with Gasteiger partial charge in [0.1, 0.15) is 18.4 Å². The molecule has 0 aliphatic rings. The lowest BCUT2D eigenvalue weighted by Crippen LogP contribution is -2.45. The molecule has 0 unspecified atom stereocenters. The minimum Gasteiger partial charge on any atom is -0.494 e. The summed E-state index contributed by atoms with van der Waals surface area (Å²) in [4.78, 5) is 25.9. The molecule has 2 amide bonds. The number of hydrogen-bond donors (Lipinski definition) is 1. The van der Waals surface area contributed by atoms with Gasteiger partial charge in [-0.3, -0.25) is 4.79 Å². The Morgan fingerprint density at radius 1 is 1.04 bits per heavy atom. The van der Waals surface area contributed by atoms with Gasteiger partial charge in [0.2, 0.25) is 5.91 Å². The molecule has 2 aromatic rings. The summed E-state index contributed by atoms with van der Waals surface area (Å²) in [6.45, 7) is 4.79. The van der Waals surface area contributed by atoms with E-state index in [9.17, 15) is 9.59 Å². The van der Waals surface area contributed by atoms with Gasteiger partial charge in [-0.15, -0.1) is 0 Å². The summed E-state index contributed by atoms with van der Waals surface area (Å²) >= 11 is 0. The Morgan fingerprint density at radius 3 is 2.33 bits per heavy atom. The van der Waals surface area contributed by atoms with Crippen molar-refractivity contribution in [1.82, 2.24) is 10.2 Å². The first kappa shape index (κ1) is 20.3. The van der Waals surface area contributed by atoms with Crippen LogP contribution in [0.5, 0.6) is 5.75 Å². The standard InChI is InChI=1S/C21H26N2O4/c1-4-26-19-12-10-17(11-13-19)14-23(3)20(24)16(2)22-21(25)27-15-18-8-6-5-7-9-18/h5-13,16H,4,14-15H2,1-3H3,(H,22,25)/t16-/m0/s1. The fourth-order valence-electron chi connectivity index (χ4n) is 2.54. The molecule has 0 aromatic heterocycles. The molecule has 6 heteroatoms. The molecule has 0 spiro atoms. The van der Waals surface area contributed by atoms with Crippen molar-refractivity contribution in [2.45, 2.75) is 33.0 Å². The van der Waals surface area contributed by atoms with E-state index in [-0.39, 0.29) is 12.5 Å². The van der Waals surface area contributed by atoms with Gasteiger partial charge in [-0.05, 0) is 37.1 Å². The van der Waals surface area contributed by atoms with E-state index in [1.165, 1.54) is 0 Å². The molecule has 0 heterocycles. The number of alkyl carbamates (subject to hydrolysis) is 1. The molecular weight excluding hydrogens is 344 g/mol. The molecule has 1 N–H and O–H groups in total. The zero-order chi connectivity index (χ0) is 19.6. The van der Waals surface area contributed by atoms with Crippen molar-refractivity contribution in [3.8, 4) is 5.75 Å². The number of nitrogens with zero attached hydrogens (tertiary/aromatic N) is 1. The molecule has 144 valence electrons. The highest BCUT2D eigenvalue weighted by molar-refractivity contribution is 5.85. The molecule has 6 nitrogen and oxygen atoms in total. The predicted molar refractivity (Wildman–Crippen MR) is 103 cm³/mol. The fourth-order valence-corrected chi connectivity index (χ4v) is 2.54. The number of amides is 2. The topological polar surface area (TPSA) is 67.9 Å². The van der Waals surface area contributed by atoms with Crippen LogP contribution < -0.4 is 10.1 Å². The van der Waals surface area contributed by atoms with Gasteiger partial charge in [0.05, 0.1) is 6.61 Å². The van der Waals surface area contributed by atoms with Crippen LogP contribution in [0.25, 0.3) is 0 Å². The van der Waals surface area contributed by atoms with Crippen molar-refractivity contribution >= 4 is 12.0 Å². The Balaban J connectivity index is 1.79. The Bertz CT molecular complexity index is 732. The Morgan fingerprint density at radius 2 is 1.70 bits per heavy atom. The summed E-state index contributed by atoms with van der Waals surface area (Å²) in [6, 6.07) is 16.3. The van der Waals surface area contributed by atoms with E-state index >= 15 is 0 Å². The van der Waals surface area contributed by atoms with Crippen LogP contribution in [0.2, 0.25) is 0 Å². The van der Waals surface area contributed by atoms with Crippen LogP contribution >= 0.6 is 0 Å². The van der Waals surface area contributed by atoms with Gasteiger partial charge in [-0.25, -0.2) is 4.79 Å². The van der Waals surface area contributed by atoms with Gasteiger partial charge in [-0.2, -0.15) is 0 Å². The van der Waals surface area contributed by atoms with Gasteiger partial charge >= 0.3 is 6.09 Å². The molecule has 0 aliphatic heterocycles. The summed E-state index contributed by atoms with van der Waals surface area (Å²) in [5.41, 5.74) is 1.87. The molecule has 0 radical (unpaired) electrons. The van der Waals surface area contributed by atoms with Crippen molar-refractivity contribution < 1.29 is 19.1 Å². The lowest BCUT2D eigenvalue weighted by molar-refractivity contribution is -0.132. The zero-order valence-electron chi connectivity index (χ0n) is 16.0. The molecule has 0 saturated heterocycles. The van der Waals surface area contributed by atoms with E-state index in [0.717, 1.165) is 16.9 Å². The van der Waals surface area contributed by atoms with Crippen molar-refractivity contribution in [3.05, 3.63) is 65.7 Å². The highest BCUT2D eigenvalue weighted by Gasteiger charge is 2.20. The van der Waals surface area contributed by atoms with E-state index in [1.807, 2.05) is 61.5 Å². The van der Waals surface area contributed by atoms with E-state index < -0.39 is 12.1 Å². The van der Waals surface area contributed by atoms with Gasteiger partial charge < -0.3 is 19.7 Å². The number of nitrogens with one attached hydrogen (secondary N) is 1. The van der Waals surface area contributed by atoms with E-state index in [2.05, 4.69) is 5.32 Å². The molecule has 0 aliphatic carbocycles. The average Bonchev–Trinajstić information content (AvgIpc) is 2.68. The molecule has 2 rings (SSSR count). The van der Waals surface area contributed by atoms with E-state index in [0.29, 0.717) is 13.2 Å². The second-order valence-corrected chi connectivity index (χ2v) is 6.20. The fraction of sp³-hybridized carbons (Fsp3) is 0.333. The van der Waals surface area contributed by atoms with Crippen LogP contribution in [0.15, 0.2) is 54.6 Å². The molecule has 2 aromatic carbocycles. The third kappa shape index (κ3) is 6.66. The summed E-state index contributed by atoms with van der Waals surface area (Å²) in [6.07, 6.45) is -0.617. The number of likely N-dealkylation sites (N-methyl/N-ethyl adjacent to an activating group) is 1. The maximum Gasteiger partial charge on any atom is 0.408 e. The van der Waals surface area contributed by atoms with Crippen LogP contribution in [0.4, 0.5) is 4.79 Å². The smallest absolute Gasteiger partial charge is 0.408 e. The zero-order valence-corrected chi connectivity index (χ0v) is 16.0. The number of ether oxygens (including phenoxy) is 2. The first-order chi connectivity index (χ1) is 13.0. The van der Waals surface area contributed by atoms with Crippen molar-refractivity contribution in [3.63, 3.8) is 0 Å². The maximum absolute atomic E-state index is 12.5. The summed E-state index contributed by atoms with van der Waals surface area (Å²) in [5.74, 6) is 0.604. The van der Waals surface area contributed by atoms with Crippen LogP contribution in [0, 0.1) is 0 Å². The van der Waals surface area contributed by atoms with Gasteiger partial charge in [0.25, 0.3) is 0 Å². The number of benzene rings is 2. The third-order valence-corrected chi connectivity index (χ3v) is 3.95. The summed E-state index contributed by atoms with van der Waals surface area (Å²) < 4.78 is 10.6. The highest BCUT2D eigenvalue weighted by Crippen LogP contribution is 2.13. The molecular formula is C21H26N2O4. The second kappa shape index (κ2) is 10.2. The number of rotatable bonds is 8. The lowest BCUT2D eigenvalue weighted by atomic mass is 10.2. The Labute approximate surface area is 160 Å². The largest absolute Gasteiger partial charge is 0.494 e. The van der Waals surface area contributed by atoms with Gasteiger partial charge in [0, 0.05) is 13.6 Å². The number of carbonyl (C=O) groups is 2. The molecule has 0 bridgehead atoms. The minimum atomic E-state index is -0.680. The maximum atomic E-state index is 12.5. The van der Waals surface area contributed by atoms with E-state index in [4.69, 9.17) is 9.47 Å². The van der Waals surface area contributed by atoms with Gasteiger partial charge in [-0.1, -0.05) is 42.5 Å². The lowest BCUT2D eigenvalue weighted by Gasteiger charge is -2.22. The number of hydrogen-bond acceptors (Lipinski definition) is 4. The van der Waals surface area contributed by atoms with Crippen LogP contribution in [0.1, 0.15) is 25.0 Å². The van der Waals surface area contributed by atoms with Crippen LogP contribution in [0.3, 0.4) is 0 Å². The molecule has 0 fully saturated rings. The summed E-state index contributed by atoms with van der Waals surface area (Å²) in [5, 5.41) is 2.57. The minimum absolute atomic E-state index is 0.162. The first-order valence-electron chi connectivity index (χ1n) is 8.93. The van der Waals surface area contributed by atoms with Crippen molar-refractivity contribution in [2.24, 2.45) is 0 Å². The SMILES string of the molecule is CCOc1ccc(CN(C)C(=O)[C@H](C)NC(=O)OCc2ccccc2)cc1. The highest BCUT2D eigenvalue weighted by atomic mass is 16.5. The quantitative estimate of drug-likeness (QED) is 0.774. The first-order valence-corrected chi connectivity index (χ1v) is 8.93. The normalized spacial score (nSPS) is 11.4. The van der Waals surface area contributed by atoms with Crippen LogP contribution in [-0.2, 0) is 22.7 Å².